The summed E-state index contributed by atoms with van der Waals surface area (Å²) in [5.74, 6) is 1.19. The Morgan fingerprint density at radius 2 is 1.21 bits per heavy atom. The van der Waals surface area contributed by atoms with Gasteiger partial charge in [0.25, 0.3) is 0 Å². The van der Waals surface area contributed by atoms with E-state index in [0.717, 1.165) is 6.42 Å². The molecule has 0 aliphatic carbocycles. The number of unbranched alkanes of at least 4 members (excludes halogenated alkanes) is 7. The maximum atomic E-state index is 10.9. The van der Waals surface area contributed by atoms with Crippen LogP contribution in [0.4, 0.5) is 0 Å². The number of benzene rings is 2. The van der Waals surface area contributed by atoms with Gasteiger partial charge < -0.3 is 9.29 Å². The second kappa shape index (κ2) is 13.4. The second-order valence-corrected chi connectivity index (χ2v) is 8.28. The van der Waals surface area contributed by atoms with Gasteiger partial charge in [0.15, 0.2) is 0 Å². The summed E-state index contributed by atoms with van der Waals surface area (Å²) >= 11 is 0. The van der Waals surface area contributed by atoms with Gasteiger partial charge in [-0.3, -0.25) is 0 Å². The maximum Gasteiger partial charge on any atom is 1.00 e. The molecule has 0 atom stereocenters. The van der Waals surface area contributed by atoms with Crippen molar-refractivity contribution in [2.75, 3.05) is 0 Å². The Morgan fingerprint density at radius 1 is 0.750 bits per heavy atom. The molecule has 28 heavy (non-hydrogen) atoms. The van der Waals surface area contributed by atoms with Gasteiger partial charge in [-0.25, -0.2) is 8.42 Å². The molecule has 0 fully saturated rings. The summed E-state index contributed by atoms with van der Waals surface area (Å²) < 4.78 is 38.5. The van der Waals surface area contributed by atoms with Crippen LogP contribution in [-0.4, -0.2) is 13.0 Å². The summed E-state index contributed by atoms with van der Waals surface area (Å²) in [6, 6.07) is 13.4. The van der Waals surface area contributed by atoms with E-state index in [-0.39, 0.29) is 34.5 Å². The first-order chi connectivity index (χ1) is 13.0. The number of aryl methyl sites for hydroxylation is 1. The molecule has 2 aromatic carbocycles. The predicted molar refractivity (Wildman–Crippen MR) is 107 cm³/mol. The molecule has 6 heteroatoms. The molecule has 2 aromatic rings. The van der Waals surface area contributed by atoms with E-state index in [1.165, 1.54) is 81.2 Å². The molecule has 0 saturated carbocycles. The van der Waals surface area contributed by atoms with Gasteiger partial charge in [-0.15, -0.1) is 0 Å². The normalized spacial score (nSPS) is 11.1. The summed E-state index contributed by atoms with van der Waals surface area (Å²) in [6.07, 6.45) is 11.6. The molecule has 0 aromatic heterocycles. The molecule has 2 rings (SSSR count). The molecule has 0 N–H and O–H groups in total. The Bertz CT molecular complexity index is 771. The van der Waals surface area contributed by atoms with Crippen LogP contribution >= 0.6 is 0 Å². The van der Waals surface area contributed by atoms with Crippen LogP contribution in [0.2, 0.25) is 0 Å². The van der Waals surface area contributed by atoms with Crippen molar-refractivity contribution in [3.05, 3.63) is 54.1 Å². The van der Waals surface area contributed by atoms with Gasteiger partial charge in [0.1, 0.15) is 21.6 Å². The fourth-order valence-corrected chi connectivity index (χ4v) is 3.47. The third-order valence-corrected chi connectivity index (χ3v) is 5.44. The van der Waals surface area contributed by atoms with Crippen LogP contribution in [0, 0.1) is 0 Å². The third-order valence-electron chi connectivity index (χ3n) is 4.59. The van der Waals surface area contributed by atoms with E-state index < -0.39 is 10.1 Å². The van der Waals surface area contributed by atoms with Crippen LogP contribution in [0.1, 0.15) is 63.9 Å². The smallest absolute Gasteiger partial charge is 0.744 e. The zero-order chi connectivity index (χ0) is 19.5. The van der Waals surface area contributed by atoms with Crippen LogP contribution in [0.25, 0.3) is 0 Å². The fraction of sp³-hybridized carbons (Fsp3) is 0.455. The van der Waals surface area contributed by atoms with Gasteiger partial charge in [0.2, 0.25) is 0 Å². The van der Waals surface area contributed by atoms with Gasteiger partial charge in [-0.2, -0.15) is 0 Å². The molecule has 0 aliphatic rings. The van der Waals surface area contributed by atoms with E-state index in [9.17, 15) is 13.0 Å². The van der Waals surface area contributed by atoms with Gasteiger partial charge in [-0.1, -0.05) is 64.0 Å². The van der Waals surface area contributed by atoms with E-state index in [2.05, 4.69) is 19.1 Å². The first kappa shape index (κ1) is 25.2. The summed E-state index contributed by atoms with van der Waals surface area (Å²) in [6.45, 7) is 2.24. The van der Waals surface area contributed by atoms with Crippen LogP contribution in [-0.2, 0) is 16.5 Å². The summed E-state index contributed by atoms with van der Waals surface area (Å²) in [4.78, 5) is -0.254. The molecule has 0 spiro atoms. The minimum absolute atomic E-state index is 0. The molecule has 4 nitrogen and oxygen atoms in total. The van der Waals surface area contributed by atoms with Crippen LogP contribution < -0.4 is 34.3 Å². The molecule has 148 valence electrons. The molecule has 0 aliphatic heterocycles. The van der Waals surface area contributed by atoms with Gasteiger partial charge in [0.05, 0.1) is 4.90 Å². The monoisotopic (exact) mass is 412 g/mol. The number of rotatable bonds is 12. The molecule has 0 heterocycles. The summed E-state index contributed by atoms with van der Waals surface area (Å²) in [7, 11) is -4.42. The topological polar surface area (TPSA) is 66.4 Å². The van der Waals surface area contributed by atoms with Crippen molar-refractivity contribution in [3.8, 4) is 11.5 Å². The molecule has 0 unspecified atom stereocenters. The minimum Gasteiger partial charge on any atom is -0.744 e. The predicted octanol–water partition coefficient (Wildman–Crippen LogP) is 3.07. The van der Waals surface area contributed by atoms with Crippen molar-refractivity contribution in [1.82, 2.24) is 0 Å². The van der Waals surface area contributed by atoms with E-state index in [1.807, 2.05) is 12.1 Å². The molecule has 0 bridgehead atoms. The van der Waals surface area contributed by atoms with E-state index in [4.69, 9.17) is 4.74 Å². The average molecular weight is 413 g/mol. The average Bonchev–Trinajstić information content (AvgIpc) is 2.65. The van der Waals surface area contributed by atoms with Crippen molar-refractivity contribution in [3.63, 3.8) is 0 Å². The number of hydrogen-bond donors (Lipinski definition) is 0. The quantitative estimate of drug-likeness (QED) is 0.305. The van der Waals surface area contributed by atoms with Crippen LogP contribution in [0.3, 0.4) is 0 Å². The number of hydrogen-bond acceptors (Lipinski definition) is 4. The van der Waals surface area contributed by atoms with Gasteiger partial charge >= 0.3 is 29.6 Å². The standard InChI is InChI=1S/C22H30O4S.Na/c1-2-3-4-5-6-7-8-9-10-19-11-13-20(14-12-19)26-21-15-17-22(18-16-21)27(23,24)25;/h11-18H,2-10H2,1H3,(H,23,24,25);/q;+1/p-1. The van der Waals surface area contributed by atoms with E-state index in [0.29, 0.717) is 11.5 Å². The first-order valence-electron chi connectivity index (χ1n) is 9.82. The van der Waals surface area contributed by atoms with E-state index >= 15 is 0 Å². The van der Waals surface area contributed by atoms with Gasteiger partial charge in [-0.05, 0) is 54.8 Å². The molecule has 0 radical (unpaired) electrons. The van der Waals surface area contributed by atoms with Gasteiger partial charge in [0, 0.05) is 0 Å². The summed E-state index contributed by atoms with van der Waals surface area (Å²) in [5.41, 5.74) is 1.29. The van der Waals surface area contributed by atoms with Crippen molar-refractivity contribution in [2.45, 2.75) is 69.6 Å². The third kappa shape index (κ3) is 9.57. The Morgan fingerprint density at radius 3 is 1.71 bits per heavy atom. The summed E-state index contributed by atoms with van der Waals surface area (Å²) in [5, 5.41) is 0. The molecule has 0 amide bonds. The molecular formula is C22H29NaO4S. The van der Waals surface area contributed by atoms with Crippen molar-refractivity contribution < 1.29 is 47.3 Å². The Balaban J connectivity index is 0.00000392. The van der Waals surface area contributed by atoms with Crippen molar-refractivity contribution in [2.24, 2.45) is 0 Å². The fourth-order valence-electron chi connectivity index (χ4n) is 3.00. The maximum absolute atomic E-state index is 10.9. The Labute approximate surface area is 191 Å². The second-order valence-electron chi connectivity index (χ2n) is 6.90. The van der Waals surface area contributed by atoms with Crippen molar-refractivity contribution in [1.29, 1.82) is 0 Å². The zero-order valence-electron chi connectivity index (χ0n) is 17.0. The molecular weight excluding hydrogens is 383 g/mol. The zero-order valence-corrected chi connectivity index (χ0v) is 19.8. The van der Waals surface area contributed by atoms with Crippen molar-refractivity contribution >= 4 is 10.1 Å². The first-order valence-corrected chi connectivity index (χ1v) is 11.2. The Kier molecular flexibility index (Phi) is 12.0. The minimum atomic E-state index is -4.42. The SMILES string of the molecule is CCCCCCCCCCc1ccc(Oc2ccc(S(=O)(=O)[O-])cc2)cc1.[Na+]. The largest absolute Gasteiger partial charge is 1.00 e. The Hall–Kier alpha value is -0.850. The number of ether oxygens (including phenoxy) is 1. The molecule has 0 saturated heterocycles. The van der Waals surface area contributed by atoms with E-state index in [1.54, 1.807) is 0 Å². The van der Waals surface area contributed by atoms with Crippen LogP contribution in [0.5, 0.6) is 11.5 Å². The van der Waals surface area contributed by atoms with Crippen LogP contribution in [0.15, 0.2) is 53.4 Å².